The lowest BCUT2D eigenvalue weighted by Gasteiger charge is -2.37. The van der Waals surface area contributed by atoms with Crippen molar-refractivity contribution < 1.29 is 23.1 Å². The number of rotatable bonds is 9. The van der Waals surface area contributed by atoms with E-state index in [9.17, 15) is 23.1 Å². The fourth-order valence-electron chi connectivity index (χ4n) is 5.72. The van der Waals surface area contributed by atoms with Gasteiger partial charge in [0.2, 0.25) is 0 Å². The number of fused-ring (bicyclic) bond motifs is 1. The van der Waals surface area contributed by atoms with Crippen LogP contribution in [0.4, 0.5) is 4.79 Å². The van der Waals surface area contributed by atoms with Crippen LogP contribution in [0.1, 0.15) is 42.0 Å². The molecule has 4 aromatic heterocycles. The van der Waals surface area contributed by atoms with Crippen molar-refractivity contribution in [1.82, 2.24) is 24.6 Å². The molecule has 3 N–H and O–H groups in total. The summed E-state index contributed by atoms with van der Waals surface area (Å²) in [6.45, 7) is 5.74. The summed E-state index contributed by atoms with van der Waals surface area (Å²) in [6, 6.07) is 25.1. The van der Waals surface area contributed by atoms with Crippen molar-refractivity contribution in [2.24, 2.45) is 5.41 Å². The number of nitrogens with one attached hydrogen (secondary N) is 2. The van der Waals surface area contributed by atoms with Gasteiger partial charge in [0.15, 0.2) is 5.65 Å². The third kappa shape index (κ3) is 6.44. The van der Waals surface area contributed by atoms with Gasteiger partial charge < -0.3 is 15.7 Å². The van der Waals surface area contributed by atoms with Gasteiger partial charge in [-0.25, -0.2) is 22.2 Å². The molecule has 0 bridgehead atoms. The van der Waals surface area contributed by atoms with Crippen LogP contribution in [0.2, 0.25) is 0 Å². The molecule has 2 unspecified atom stereocenters. The van der Waals surface area contributed by atoms with Crippen molar-refractivity contribution in [2.45, 2.75) is 37.8 Å². The Morgan fingerprint density at radius 2 is 1.58 bits per heavy atom. The maximum Gasteiger partial charge on any atom is 0.404 e. The Morgan fingerprint density at radius 1 is 0.875 bits per heavy atom. The number of aromatic nitrogens is 3. The van der Waals surface area contributed by atoms with Crippen molar-refractivity contribution in [2.75, 3.05) is 0 Å². The van der Waals surface area contributed by atoms with Crippen LogP contribution in [0, 0.1) is 5.41 Å². The number of benzene rings is 2. The molecular formula is C36H33N5O5S2. The number of hydrogen-bond donors (Lipinski definition) is 3. The zero-order valence-corrected chi connectivity index (χ0v) is 28.0. The average Bonchev–Trinajstić information content (AvgIpc) is 3.73. The molecule has 6 aromatic rings. The van der Waals surface area contributed by atoms with Gasteiger partial charge in [-0.3, -0.25) is 9.78 Å². The van der Waals surface area contributed by atoms with Gasteiger partial charge in [-0.15, -0.1) is 11.3 Å². The quantitative estimate of drug-likeness (QED) is 0.146. The first-order valence-corrected chi connectivity index (χ1v) is 17.4. The first-order valence-electron chi connectivity index (χ1n) is 15.1. The summed E-state index contributed by atoms with van der Waals surface area (Å²) in [6.07, 6.45) is 5.22. The van der Waals surface area contributed by atoms with Crippen molar-refractivity contribution in [3.63, 3.8) is 0 Å². The summed E-state index contributed by atoms with van der Waals surface area (Å²) in [5.74, 6) is -0.388. The number of nitrogens with zero attached hydrogens (tertiary/aromatic N) is 3. The number of thiophene rings is 1. The molecule has 0 saturated carbocycles. The predicted molar refractivity (Wildman–Crippen MR) is 186 cm³/mol. The third-order valence-electron chi connectivity index (χ3n) is 8.02. The molecule has 48 heavy (non-hydrogen) atoms. The summed E-state index contributed by atoms with van der Waals surface area (Å²) < 4.78 is 28.3. The smallest absolute Gasteiger partial charge is 0.404 e. The molecule has 6 rings (SSSR count). The summed E-state index contributed by atoms with van der Waals surface area (Å²) in [4.78, 5) is 36.0. The maximum atomic E-state index is 14.1. The van der Waals surface area contributed by atoms with Crippen LogP contribution in [0.5, 0.6) is 0 Å². The molecule has 0 fully saturated rings. The molecule has 0 saturated heterocycles. The third-order valence-corrected chi connectivity index (χ3v) is 10.9. The maximum absolute atomic E-state index is 14.1. The number of pyridine rings is 2. The van der Waals surface area contributed by atoms with E-state index >= 15 is 0 Å². The Balaban J connectivity index is 1.46. The van der Waals surface area contributed by atoms with Crippen molar-refractivity contribution >= 4 is 44.4 Å². The van der Waals surface area contributed by atoms with E-state index in [4.69, 9.17) is 0 Å². The first-order chi connectivity index (χ1) is 22.9. The molecule has 10 nitrogen and oxygen atoms in total. The van der Waals surface area contributed by atoms with E-state index in [1.165, 1.54) is 33.6 Å². The SMILES string of the molecule is CC(C)(C)C(NC(=O)O)C(NC(=O)c1cc(-c2cccnc2)c(-c2ccnc3c2ccn3S(=O)(=O)c2ccccc2)s1)c1ccccc1. The van der Waals surface area contributed by atoms with Gasteiger partial charge in [-0.05, 0) is 47.4 Å². The molecule has 0 spiro atoms. The Bertz CT molecular complexity index is 2190. The Morgan fingerprint density at radius 3 is 2.23 bits per heavy atom. The highest BCUT2D eigenvalue weighted by Crippen LogP contribution is 2.42. The van der Waals surface area contributed by atoms with E-state index in [0.717, 1.165) is 21.6 Å². The molecule has 0 aliphatic heterocycles. The summed E-state index contributed by atoms with van der Waals surface area (Å²) >= 11 is 1.25. The largest absolute Gasteiger partial charge is 0.465 e. The molecule has 4 heterocycles. The molecule has 2 atom stereocenters. The van der Waals surface area contributed by atoms with E-state index in [1.807, 2.05) is 57.2 Å². The van der Waals surface area contributed by atoms with Gasteiger partial charge >= 0.3 is 6.09 Å². The molecule has 0 aliphatic rings. The van der Waals surface area contributed by atoms with Gasteiger partial charge in [0.25, 0.3) is 15.9 Å². The normalized spacial score (nSPS) is 13.1. The molecular weight excluding hydrogens is 647 g/mol. The lowest BCUT2D eigenvalue weighted by molar-refractivity contribution is 0.0904. The molecule has 2 aromatic carbocycles. The minimum absolute atomic E-state index is 0.139. The number of amides is 2. The second-order valence-electron chi connectivity index (χ2n) is 12.3. The van der Waals surface area contributed by atoms with Gasteiger partial charge in [0, 0.05) is 51.7 Å². The highest BCUT2D eigenvalue weighted by molar-refractivity contribution is 7.90. The molecule has 0 radical (unpaired) electrons. The monoisotopic (exact) mass is 679 g/mol. The van der Waals surface area contributed by atoms with Crippen molar-refractivity contribution in [3.05, 3.63) is 126 Å². The summed E-state index contributed by atoms with van der Waals surface area (Å²) in [5, 5.41) is 16.1. The van der Waals surface area contributed by atoms with Gasteiger partial charge in [-0.2, -0.15) is 0 Å². The van der Waals surface area contributed by atoms with Crippen molar-refractivity contribution in [3.8, 4) is 21.6 Å². The topological polar surface area (TPSA) is 143 Å². The zero-order valence-electron chi connectivity index (χ0n) is 26.4. The van der Waals surface area contributed by atoms with E-state index in [0.29, 0.717) is 15.8 Å². The first kappa shape index (κ1) is 32.6. The molecule has 12 heteroatoms. The van der Waals surface area contributed by atoms with E-state index in [-0.39, 0.29) is 16.4 Å². The van der Waals surface area contributed by atoms with Crippen LogP contribution in [0.25, 0.3) is 32.6 Å². The van der Waals surface area contributed by atoms with E-state index in [1.54, 1.807) is 61.1 Å². The van der Waals surface area contributed by atoms with Crippen LogP contribution in [-0.2, 0) is 10.0 Å². The standard InChI is InChI=1S/C36H33N5O5S2/c1-36(2,3)32(40-35(43)44)30(23-11-6-4-7-12-23)39-34(42)29-21-28(24-13-10-18-37-22-24)31(47-29)26-16-19-38-33-27(26)17-20-41(33)48(45,46)25-14-8-5-9-15-25/h4-22,30,32,40H,1-3H3,(H,39,42)(H,43,44). The second kappa shape index (κ2) is 13.1. The van der Waals surface area contributed by atoms with Crippen LogP contribution in [0.15, 0.2) is 121 Å². The van der Waals surface area contributed by atoms with Gasteiger partial charge in [-0.1, -0.05) is 75.4 Å². The Labute approximate surface area is 282 Å². The zero-order chi connectivity index (χ0) is 34.1. The van der Waals surface area contributed by atoms with Gasteiger partial charge in [0.05, 0.1) is 21.9 Å². The average molecular weight is 680 g/mol. The highest BCUT2D eigenvalue weighted by Gasteiger charge is 2.36. The fraction of sp³-hybridized carbons (Fsp3) is 0.167. The van der Waals surface area contributed by atoms with Crippen LogP contribution in [0.3, 0.4) is 0 Å². The highest BCUT2D eigenvalue weighted by atomic mass is 32.2. The predicted octanol–water partition coefficient (Wildman–Crippen LogP) is 7.22. The lowest BCUT2D eigenvalue weighted by Crippen LogP contribution is -2.52. The summed E-state index contributed by atoms with van der Waals surface area (Å²) in [5.41, 5.74) is 2.65. The number of carbonyl (C=O) groups is 2. The Hall–Kier alpha value is -5.33. The minimum Gasteiger partial charge on any atom is -0.465 e. The number of hydrogen-bond acceptors (Lipinski definition) is 7. The lowest BCUT2D eigenvalue weighted by atomic mass is 9.79. The van der Waals surface area contributed by atoms with E-state index < -0.39 is 33.6 Å². The Kier molecular flexibility index (Phi) is 8.87. The number of carboxylic acid groups (broad SMARTS) is 1. The summed E-state index contributed by atoms with van der Waals surface area (Å²) in [7, 11) is -3.92. The van der Waals surface area contributed by atoms with E-state index in [2.05, 4.69) is 20.6 Å². The second-order valence-corrected chi connectivity index (χ2v) is 15.1. The van der Waals surface area contributed by atoms with Crippen LogP contribution >= 0.6 is 11.3 Å². The molecule has 244 valence electrons. The van der Waals surface area contributed by atoms with Gasteiger partial charge in [0.1, 0.15) is 0 Å². The van der Waals surface area contributed by atoms with Crippen LogP contribution < -0.4 is 10.6 Å². The fourth-order valence-corrected chi connectivity index (χ4v) is 8.16. The minimum atomic E-state index is -3.92. The molecule has 2 amide bonds. The van der Waals surface area contributed by atoms with Crippen molar-refractivity contribution in [1.29, 1.82) is 0 Å². The van der Waals surface area contributed by atoms with Crippen LogP contribution in [-0.4, -0.2) is 45.5 Å². The number of carbonyl (C=O) groups excluding carboxylic acids is 1. The molecule has 0 aliphatic carbocycles.